The first-order valence-electron chi connectivity index (χ1n) is 9.34. The van der Waals surface area contributed by atoms with Gasteiger partial charge in [-0.05, 0) is 43.9 Å². The minimum atomic E-state index is -0.253. The fourth-order valence-corrected chi connectivity index (χ4v) is 6.94. The molecule has 24 heavy (non-hydrogen) atoms. The van der Waals surface area contributed by atoms with Crippen LogP contribution in [0.4, 0.5) is 0 Å². The molecule has 0 amide bonds. The maximum Gasteiger partial charge on any atom is 0.334 e. The van der Waals surface area contributed by atoms with Crippen LogP contribution in [0.3, 0.4) is 0 Å². The number of hydrogen-bond acceptors (Lipinski definition) is 4. The Hall–Kier alpha value is -1.16. The highest BCUT2D eigenvalue weighted by Crippen LogP contribution is 2.71. The summed E-state index contributed by atoms with van der Waals surface area (Å²) in [5.74, 6) is 1.03. The van der Waals surface area contributed by atoms with Gasteiger partial charge < -0.3 is 9.47 Å². The number of carbonyl (C=O) groups excluding carboxylic acids is 2. The van der Waals surface area contributed by atoms with Crippen molar-refractivity contribution < 1.29 is 19.1 Å². The fourth-order valence-electron chi connectivity index (χ4n) is 6.94. The number of rotatable bonds is 0. The van der Waals surface area contributed by atoms with Crippen molar-refractivity contribution in [2.75, 3.05) is 0 Å². The SMILES string of the molecule is CC1=C2[C@H]3O[C@]34CC[C@@H]3C(C)(C)C(=O)CC[C@@]3(C)[C@@H]4C[C@H]2OC1=O. The molecule has 0 bridgehead atoms. The average molecular weight is 330 g/mol. The van der Waals surface area contributed by atoms with Crippen molar-refractivity contribution in [2.45, 2.75) is 77.6 Å². The van der Waals surface area contributed by atoms with Crippen LogP contribution in [0, 0.1) is 22.7 Å². The highest BCUT2D eigenvalue weighted by atomic mass is 16.6. The maximum atomic E-state index is 12.5. The van der Waals surface area contributed by atoms with Gasteiger partial charge in [-0.15, -0.1) is 0 Å². The fraction of sp³-hybridized carbons (Fsp3) is 0.800. The number of epoxide rings is 1. The molecule has 4 fully saturated rings. The topological polar surface area (TPSA) is 55.9 Å². The van der Waals surface area contributed by atoms with Crippen LogP contribution in [-0.4, -0.2) is 29.6 Å². The summed E-state index contributed by atoms with van der Waals surface area (Å²) in [4.78, 5) is 24.6. The molecule has 1 saturated heterocycles. The third-order valence-electron chi connectivity index (χ3n) is 8.28. The predicted molar refractivity (Wildman–Crippen MR) is 87.1 cm³/mol. The summed E-state index contributed by atoms with van der Waals surface area (Å²) in [7, 11) is 0. The third kappa shape index (κ3) is 1.50. The van der Waals surface area contributed by atoms with Crippen molar-refractivity contribution in [3.8, 4) is 0 Å². The molecule has 4 nitrogen and oxygen atoms in total. The van der Waals surface area contributed by atoms with Crippen molar-refractivity contribution in [1.82, 2.24) is 0 Å². The molecule has 1 spiro atoms. The van der Waals surface area contributed by atoms with E-state index < -0.39 is 0 Å². The lowest BCUT2D eigenvalue weighted by atomic mass is 9.44. The zero-order valence-corrected chi connectivity index (χ0v) is 15.0. The second kappa shape index (κ2) is 4.14. The standard InChI is InChI=1S/C20H26O4/c1-10-15-11(23-17(10)22)9-13-19(4)7-6-14(21)18(2,3)12(19)5-8-20(13)16(15)24-20/h11-13,16H,5-9H2,1-4H3/t11-,12-,13+,16-,19-,20+/m1/s1. The molecule has 3 aliphatic carbocycles. The summed E-state index contributed by atoms with van der Waals surface area (Å²) in [6, 6.07) is 0. The number of fused-ring (bicyclic) bond motifs is 4. The molecule has 0 unspecified atom stereocenters. The maximum absolute atomic E-state index is 12.5. The Morgan fingerprint density at radius 1 is 1.08 bits per heavy atom. The van der Waals surface area contributed by atoms with Crippen LogP contribution in [0.1, 0.15) is 59.8 Å². The second-order valence-electron chi connectivity index (χ2n) is 9.46. The van der Waals surface area contributed by atoms with Gasteiger partial charge >= 0.3 is 5.97 Å². The Kier molecular flexibility index (Phi) is 2.61. The largest absolute Gasteiger partial charge is 0.454 e. The Morgan fingerprint density at radius 3 is 2.58 bits per heavy atom. The van der Waals surface area contributed by atoms with Crippen LogP contribution in [0.5, 0.6) is 0 Å². The first kappa shape index (κ1) is 15.1. The Bertz CT molecular complexity index is 704. The van der Waals surface area contributed by atoms with Crippen molar-refractivity contribution in [3.05, 3.63) is 11.1 Å². The Labute approximate surface area is 143 Å². The van der Waals surface area contributed by atoms with Crippen molar-refractivity contribution in [2.24, 2.45) is 22.7 Å². The molecule has 5 rings (SSSR count). The van der Waals surface area contributed by atoms with Gasteiger partial charge in [0.25, 0.3) is 0 Å². The van der Waals surface area contributed by atoms with Gasteiger partial charge in [0, 0.05) is 28.9 Å². The predicted octanol–water partition coefficient (Wildman–Crippen LogP) is 3.19. The van der Waals surface area contributed by atoms with Crippen LogP contribution in [0.15, 0.2) is 11.1 Å². The first-order chi connectivity index (χ1) is 11.2. The van der Waals surface area contributed by atoms with E-state index >= 15 is 0 Å². The third-order valence-corrected chi connectivity index (χ3v) is 8.28. The molecule has 0 aromatic heterocycles. The van der Waals surface area contributed by atoms with Gasteiger partial charge in [-0.3, -0.25) is 4.79 Å². The normalized spacial score (nSPS) is 51.3. The molecule has 2 aliphatic heterocycles. The van der Waals surface area contributed by atoms with Gasteiger partial charge in [0.15, 0.2) is 0 Å². The van der Waals surface area contributed by atoms with Crippen molar-refractivity contribution in [3.63, 3.8) is 0 Å². The van der Waals surface area contributed by atoms with E-state index in [9.17, 15) is 9.59 Å². The molecule has 0 radical (unpaired) electrons. The van der Waals surface area contributed by atoms with Gasteiger partial charge in [0.2, 0.25) is 0 Å². The number of esters is 1. The molecule has 4 heteroatoms. The number of ether oxygens (including phenoxy) is 2. The quantitative estimate of drug-likeness (QED) is 0.505. The number of ketones is 1. The molecule has 0 aromatic rings. The molecular formula is C20H26O4. The highest BCUT2D eigenvalue weighted by molar-refractivity contribution is 5.92. The molecule has 0 aromatic carbocycles. The first-order valence-corrected chi connectivity index (χ1v) is 9.34. The molecular weight excluding hydrogens is 304 g/mol. The van der Waals surface area contributed by atoms with Crippen molar-refractivity contribution >= 4 is 11.8 Å². The minimum Gasteiger partial charge on any atom is -0.454 e. The van der Waals surface area contributed by atoms with Crippen molar-refractivity contribution in [1.29, 1.82) is 0 Å². The van der Waals surface area contributed by atoms with E-state index in [0.29, 0.717) is 24.0 Å². The Morgan fingerprint density at radius 2 is 1.83 bits per heavy atom. The lowest BCUT2D eigenvalue weighted by molar-refractivity contribution is -0.157. The number of hydrogen-bond donors (Lipinski definition) is 0. The van der Waals surface area contributed by atoms with Crippen LogP contribution in [-0.2, 0) is 19.1 Å². The van der Waals surface area contributed by atoms with E-state index in [1.807, 2.05) is 6.92 Å². The highest BCUT2D eigenvalue weighted by Gasteiger charge is 2.75. The zero-order valence-electron chi connectivity index (χ0n) is 15.0. The van der Waals surface area contributed by atoms with Crippen LogP contribution in [0.25, 0.3) is 0 Å². The second-order valence-corrected chi connectivity index (χ2v) is 9.46. The lowest BCUT2D eigenvalue weighted by Crippen LogP contribution is -2.59. The number of Topliss-reactive ketones (excluding diaryl/α,β-unsaturated/α-hetero) is 1. The molecule has 130 valence electrons. The summed E-state index contributed by atoms with van der Waals surface area (Å²) in [5.41, 5.74) is 1.63. The van der Waals surface area contributed by atoms with E-state index in [1.54, 1.807) is 0 Å². The van der Waals surface area contributed by atoms with Gasteiger partial charge in [-0.2, -0.15) is 0 Å². The summed E-state index contributed by atoms with van der Waals surface area (Å²) in [5, 5.41) is 0. The van der Waals surface area contributed by atoms with Gasteiger partial charge in [0.05, 0.1) is 0 Å². The van der Waals surface area contributed by atoms with E-state index in [1.165, 1.54) is 0 Å². The average Bonchev–Trinajstić information content (AvgIpc) is 3.16. The van der Waals surface area contributed by atoms with Gasteiger partial charge in [-0.1, -0.05) is 20.8 Å². The smallest absolute Gasteiger partial charge is 0.334 e. The summed E-state index contributed by atoms with van der Waals surface area (Å²) in [6.45, 7) is 8.51. The lowest BCUT2D eigenvalue weighted by Gasteiger charge is -2.59. The summed E-state index contributed by atoms with van der Waals surface area (Å²) in [6.07, 6.45) is 4.52. The van der Waals surface area contributed by atoms with E-state index in [0.717, 1.165) is 36.8 Å². The molecule has 5 aliphatic rings. The minimum absolute atomic E-state index is 0.0752. The number of carbonyl (C=O) groups is 2. The zero-order chi connectivity index (χ0) is 17.1. The van der Waals surface area contributed by atoms with E-state index in [-0.39, 0.29) is 34.6 Å². The van der Waals surface area contributed by atoms with Crippen LogP contribution in [0.2, 0.25) is 0 Å². The van der Waals surface area contributed by atoms with Gasteiger partial charge in [-0.25, -0.2) is 4.79 Å². The molecule has 2 heterocycles. The van der Waals surface area contributed by atoms with Crippen LogP contribution < -0.4 is 0 Å². The van der Waals surface area contributed by atoms with E-state index in [2.05, 4.69) is 20.8 Å². The summed E-state index contributed by atoms with van der Waals surface area (Å²) >= 11 is 0. The monoisotopic (exact) mass is 330 g/mol. The molecule has 0 N–H and O–H groups in total. The van der Waals surface area contributed by atoms with Crippen LogP contribution >= 0.6 is 0 Å². The van der Waals surface area contributed by atoms with E-state index in [4.69, 9.17) is 9.47 Å². The molecule has 6 atom stereocenters. The molecule has 3 saturated carbocycles. The Balaban J connectivity index is 1.57. The summed E-state index contributed by atoms with van der Waals surface area (Å²) < 4.78 is 12.0. The van der Waals surface area contributed by atoms with Gasteiger partial charge in [0.1, 0.15) is 23.6 Å².